The van der Waals surface area contributed by atoms with E-state index in [2.05, 4.69) is 24.7 Å². The first-order valence-electron chi connectivity index (χ1n) is 9.50. The number of aromatic nitrogens is 5. The van der Waals surface area contributed by atoms with E-state index in [1.807, 2.05) is 29.6 Å². The molecule has 6 nitrogen and oxygen atoms in total. The maximum Gasteiger partial charge on any atom is 0.260 e. The standard InChI is InChI=1S/C20H18ClN5OS2/c21-13-7-5-12(6-8-13)14-10-28-19-17(14)18(27)22-15(23-19)11-29-20-25-24-16-4-2-1-3-9-26(16)20/h5-8,10H,1-4,9,11H2,(H,22,23,27). The van der Waals surface area contributed by atoms with Crippen molar-refractivity contribution in [1.82, 2.24) is 24.7 Å². The molecule has 9 heteroatoms. The predicted molar refractivity (Wildman–Crippen MR) is 118 cm³/mol. The molecule has 0 saturated heterocycles. The Labute approximate surface area is 180 Å². The number of halogens is 1. The number of thioether (sulfide) groups is 1. The summed E-state index contributed by atoms with van der Waals surface area (Å²) < 4.78 is 2.21. The van der Waals surface area contributed by atoms with E-state index in [9.17, 15) is 4.79 Å². The summed E-state index contributed by atoms with van der Waals surface area (Å²) in [6.45, 7) is 0.961. The van der Waals surface area contributed by atoms with Crippen molar-refractivity contribution in [3.8, 4) is 11.1 Å². The van der Waals surface area contributed by atoms with Gasteiger partial charge in [0, 0.05) is 28.9 Å². The number of H-pyrrole nitrogens is 1. The molecule has 0 amide bonds. The van der Waals surface area contributed by atoms with Gasteiger partial charge in [-0.25, -0.2) is 4.98 Å². The fraction of sp³-hybridized carbons (Fsp3) is 0.300. The van der Waals surface area contributed by atoms with Crippen molar-refractivity contribution in [2.75, 3.05) is 0 Å². The van der Waals surface area contributed by atoms with Crippen molar-refractivity contribution in [1.29, 1.82) is 0 Å². The Kier molecular flexibility index (Phi) is 5.15. The zero-order chi connectivity index (χ0) is 19.8. The van der Waals surface area contributed by atoms with Crippen LogP contribution in [0.25, 0.3) is 21.3 Å². The third kappa shape index (κ3) is 3.72. The van der Waals surface area contributed by atoms with Gasteiger partial charge in [0.15, 0.2) is 5.16 Å². The summed E-state index contributed by atoms with van der Waals surface area (Å²) in [6.07, 6.45) is 4.54. The van der Waals surface area contributed by atoms with E-state index in [4.69, 9.17) is 11.6 Å². The Balaban J connectivity index is 1.42. The van der Waals surface area contributed by atoms with Crippen LogP contribution in [-0.4, -0.2) is 24.7 Å². The van der Waals surface area contributed by atoms with Gasteiger partial charge in [0.25, 0.3) is 5.56 Å². The molecule has 0 saturated carbocycles. The predicted octanol–water partition coefficient (Wildman–Crippen LogP) is 4.92. The fourth-order valence-electron chi connectivity index (χ4n) is 3.60. The number of nitrogens with zero attached hydrogens (tertiary/aromatic N) is 4. The maximum atomic E-state index is 12.8. The lowest BCUT2D eigenvalue weighted by atomic mass is 10.1. The summed E-state index contributed by atoms with van der Waals surface area (Å²) in [7, 11) is 0. The lowest BCUT2D eigenvalue weighted by Crippen LogP contribution is -2.11. The monoisotopic (exact) mass is 443 g/mol. The lowest BCUT2D eigenvalue weighted by molar-refractivity contribution is 0.591. The number of rotatable bonds is 4. The number of hydrogen-bond acceptors (Lipinski definition) is 6. The average molecular weight is 444 g/mol. The van der Waals surface area contributed by atoms with Gasteiger partial charge in [0.1, 0.15) is 16.5 Å². The SMILES string of the molecule is O=c1[nH]c(CSc2nnc3n2CCCCC3)nc2scc(-c3ccc(Cl)cc3)c12. The molecule has 0 aliphatic carbocycles. The highest BCUT2D eigenvalue weighted by molar-refractivity contribution is 7.98. The van der Waals surface area contributed by atoms with Crippen molar-refractivity contribution < 1.29 is 0 Å². The van der Waals surface area contributed by atoms with E-state index in [-0.39, 0.29) is 5.56 Å². The molecule has 0 fully saturated rings. The van der Waals surface area contributed by atoms with Crippen LogP contribution in [0.3, 0.4) is 0 Å². The first kappa shape index (κ1) is 18.8. The molecule has 0 bridgehead atoms. The van der Waals surface area contributed by atoms with E-state index in [1.165, 1.54) is 24.2 Å². The van der Waals surface area contributed by atoms with Crippen LogP contribution in [0.5, 0.6) is 0 Å². The van der Waals surface area contributed by atoms with Gasteiger partial charge in [-0.2, -0.15) is 0 Å². The molecule has 148 valence electrons. The van der Waals surface area contributed by atoms with Crippen LogP contribution >= 0.6 is 34.7 Å². The Morgan fingerprint density at radius 3 is 2.90 bits per heavy atom. The molecule has 0 radical (unpaired) electrons. The number of aromatic amines is 1. The number of nitrogens with one attached hydrogen (secondary N) is 1. The van der Waals surface area contributed by atoms with Gasteiger partial charge >= 0.3 is 0 Å². The summed E-state index contributed by atoms with van der Waals surface area (Å²) in [6, 6.07) is 7.50. The molecule has 0 atom stereocenters. The minimum Gasteiger partial charge on any atom is -0.309 e. The lowest BCUT2D eigenvalue weighted by Gasteiger charge is -2.06. The summed E-state index contributed by atoms with van der Waals surface area (Å²) in [5.41, 5.74) is 1.73. The van der Waals surface area contributed by atoms with E-state index < -0.39 is 0 Å². The average Bonchev–Trinajstić information content (AvgIpc) is 3.24. The fourth-order valence-corrected chi connectivity index (χ4v) is 5.55. The van der Waals surface area contributed by atoms with Crippen LogP contribution in [0, 0.1) is 0 Å². The molecular formula is C20H18ClN5OS2. The van der Waals surface area contributed by atoms with Gasteiger partial charge in [-0.1, -0.05) is 41.9 Å². The van der Waals surface area contributed by atoms with Gasteiger partial charge in [-0.15, -0.1) is 21.5 Å². The Morgan fingerprint density at radius 1 is 1.17 bits per heavy atom. The normalized spacial score (nSPS) is 14.1. The van der Waals surface area contributed by atoms with Crippen LogP contribution < -0.4 is 5.56 Å². The minimum atomic E-state index is -0.114. The maximum absolute atomic E-state index is 12.8. The van der Waals surface area contributed by atoms with Crippen molar-refractivity contribution in [3.05, 3.63) is 56.7 Å². The minimum absolute atomic E-state index is 0.114. The molecule has 29 heavy (non-hydrogen) atoms. The third-order valence-corrected chi connectivity index (χ3v) is 7.16. The number of aryl methyl sites for hydroxylation is 1. The van der Waals surface area contributed by atoms with E-state index in [0.717, 1.165) is 46.3 Å². The van der Waals surface area contributed by atoms with Crippen LogP contribution in [0.15, 0.2) is 39.6 Å². The molecule has 4 aromatic rings. The highest BCUT2D eigenvalue weighted by Gasteiger charge is 2.17. The second-order valence-corrected chi connectivity index (χ2v) is 9.24. The molecule has 1 aliphatic rings. The number of benzene rings is 1. The second-order valence-electron chi connectivity index (χ2n) is 7.00. The molecule has 0 spiro atoms. The summed E-state index contributed by atoms with van der Waals surface area (Å²) in [4.78, 5) is 21.2. The van der Waals surface area contributed by atoms with Gasteiger partial charge in [0.2, 0.25) is 0 Å². The van der Waals surface area contributed by atoms with Crippen molar-refractivity contribution in [3.63, 3.8) is 0 Å². The van der Waals surface area contributed by atoms with Crippen LogP contribution in [0.2, 0.25) is 5.02 Å². The van der Waals surface area contributed by atoms with E-state index >= 15 is 0 Å². The summed E-state index contributed by atoms with van der Waals surface area (Å²) in [5, 5.41) is 12.8. The molecule has 1 aromatic carbocycles. The van der Waals surface area contributed by atoms with Crippen molar-refractivity contribution in [2.45, 2.75) is 43.1 Å². The van der Waals surface area contributed by atoms with Crippen LogP contribution in [-0.2, 0) is 18.7 Å². The molecule has 4 heterocycles. The van der Waals surface area contributed by atoms with Gasteiger partial charge in [-0.05, 0) is 30.5 Å². The molecule has 1 aliphatic heterocycles. The highest BCUT2D eigenvalue weighted by atomic mass is 35.5. The summed E-state index contributed by atoms with van der Waals surface area (Å²) in [5.74, 6) is 2.27. The van der Waals surface area contributed by atoms with E-state index in [1.54, 1.807) is 11.8 Å². The quantitative estimate of drug-likeness (QED) is 0.453. The largest absolute Gasteiger partial charge is 0.309 e. The summed E-state index contributed by atoms with van der Waals surface area (Å²) >= 11 is 9.04. The Bertz CT molecular complexity index is 1230. The first-order valence-corrected chi connectivity index (χ1v) is 11.7. The molecule has 0 unspecified atom stereocenters. The highest BCUT2D eigenvalue weighted by Crippen LogP contribution is 2.32. The number of fused-ring (bicyclic) bond motifs is 2. The Morgan fingerprint density at radius 2 is 2.03 bits per heavy atom. The van der Waals surface area contributed by atoms with Crippen LogP contribution in [0.4, 0.5) is 0 Å². The van der Waals surface area contributed by atoms with Crippen LogP contribution in [0.1, 0.15) is 30.9 Å². The number of hydrogen-bond donors (Lipinski definition) is 1. The van der Waals surface area contributed by atoms with Crippen molar-refractivity contribution in [2.24, 2.45) is 0 Å². The second kappa shape index (κ2) is 7.93. The van der Waals surface area contributed by atoms with Gasteiger partial charge in [-0.3, -0.25) is 4.79 Å². The van der Waals surface area contributed by atoms with Crippen molar-refractivity contribution >= 4 is 44.9 Å². The molecular weight excluding hydrogens is 426 g/mol. The Hall–Kier alpha value is -2.16. The smallest absolute Gasteiger partial charge is 0.260 e. The van der Waals surface area contributed by atoms with Gasteiger partial charge < -0.3 is 9.55 Å². The van der Waals surface area contributed by atoms with E-state index in [0.29, 0.717) is 22.0 Å². The number of thiophene rings is 1. The molecule has 3 aromatic heterocycles. The zero-order valence-electron chi connectivity index (χ0n) is 15.5. The third-order valence-electron chi connectivity index (χ3n) is 5.06. The first-order chi connectivity index (χ1) is 14.2. The molecule has 1 N–H and O–H groups in total. The molecule has 5 rings (SSSR count). The van der Waals surface area contributed by atoms with Gasteiger partial charge in [0.05, 0.1) is 11.1 Å². The zero-order valence-corrected chi connectivity index (χ0v) is 17.9. The topological polar surface area (TPSA) is 76.5 Å².